The van der Waals surface area contributed by atoms with Crippen LogP contribution in [0.3, 0.4) is 0 Å². The van der Waals surface area contributed by atoms with Crippen molar-refractivity contribution in [3.8, 4) is 0 Å². The molecule has 5 heteroatoms. The Balaban J connectivity index is 3.85. The summed E-state index contributed by atoms with van der Waals surface area (Å²) in [5.41, 5.74) is 0. The third-order valence-electron chi connectivity index (χ3n) is 1.92. The minimum absolute atomic E-state index is 0.0137. The van der Waals surface area contributed by atoms with Gasteiger partial charge in [0.2, 0.25) is 0 Å². The van der Waals surface area contributed by atoms with Crippen molar-refractivity contribution in [2.24, 2.45) is 5.92 Å². The van der Waals surface area contributed by atoms with E-state index < -0.39 is 24.0 Å². The molecule has 2 atom stereocenters. The number of carboxylic acids is 2. The van der Waals surface area contributed by atoms with Crippen LogP contribution in [0.4, 0.5) is 0 Å². The van der Waals surface area contributed by atoms with Gasteiger partial charge in [-0.2, -0.15) is 0 Å². The summed E-state index contributed by atoms with van der Waals surface area (Å²) in [5, 5.41) is 25.8. The Morgan fingerprint density at radius 2 is 1.69 bits per heavy atom. The molecule has 0 aromatic carbocycles. The summed E-state index contributed by atoms with van der Waals surface area (Å²) < 4.78 is 0. The van der Waals surface area contributed by atoms with Crippen LogP contribution in [0.15, 0.2) is 0 Å². The van der Waals surface area contributed by atoms with E-state index in [0.717, 1.165) is 0 Å². The summed E-state index contributed by atoms with van der Waals surface area (Å²) in [6, 6.07) is 0. The fourth-order valence-electron chi connectivity index (χ4n) is 0.985. The van der Waals surface area contributed by atoms with E-state index in [9.17, 15) is 9.59 Å². The molecule has 2 unspecified atom stereocenters. The quantitative estimate of drug-likeness (QED) is 0.560. The zero-order valence-corrected chi connectivity index (χ0v) is 7.43. The molecule has 3 N–H and O–H groups in total. The van der Waals surface area contributed by atoms with Gasteiger partial charge in [0.1, 0.15) is 0 Å². The first-order chi connectivity index (χ1) is 5.99. The summed E-state index contributed by atoms with van der Waals surface area (Å²) in [4.78, 5) is 20.7. The van der Waals surface area contributed by atoms with E-state index in [2.05, 4.69) is 0 Å². The fraction of sp³-hybridized carbons (Fsp3) is 0.750. The van der Waals surface area contributed by atoms with Crippen LogP contribution in [0.5, 0.6) is 0 Å². The maximum atomic E-state index is 10.5. The molecule has 0 rings (SSSR count). The van der Waals surface area contributed by atoms with Crippen molar-refractivity contribution in [2.75, 3.05) is 0 Å². The molecule has 0 spiro atoms. The van der Waals surface area contributed by atoms with E-state index in [-0.39, 0.29) is 12.8 Å². The van der Waals surface area contributed by atoms with Gasteiger partial charge in [-0.3, -0.25) is 4.79 Å². The van der Waals surface area contributed by atoms with Crippen molar-refractivity contribution >= 4 is 11.9 Å². The van der Waals surface area contributed by atoms with Crippen LogP contribution < -0.4 is 0 Å². The van der Waals surface area contributed by atoms with Crippen molar-refractivity contribution in [1.29, 1.82) is 0 Å². The molecule has 0 aromatic rings. The van der Waals surface area contributed by atoms with Gasteiger partial charge in [0.25, 0.3) is 0 Å². The van der Waals surface area contributed by atoms with Crippen molar-refractivity contribution in [1.82, 2.24) is 0 Å². The monoisotopic (exact) mass is 190 g/mol. The molecule has 76 valence electrons. The van der Waals surface area contributed by atoms with Crippen LogP contribution in [-0.2, 0) is 9.59 Å². The average Bonchev–Trinajstić information content (AvgIpc) is 2.04. The average molecular weight is 190 g/mol. The van der Waals surface area contributed by atoms with E-state index in [0.29, 0.717) is 6.42 Å². The molecule has 0 aromatic heterocycles. The summed E-state index contributed by atoms with van der Waals surface area (Å²) in [7, 11) is 0. The lowest BCUT2D eigenvalue weighted by atomic mass is 9.99. The van der Waals surface area contributed by atoms with Crippen LogP contribution in [0.2, 0.25) is 0 Å². The van der Waals surface area contributed by atoms with Gasteiger partial charge in [0.05, 0.1) is 5.92 Å². The zero-order chi connectivity index (χ0) is 10.4. The van der Waals surface area contributed by atoms with E-state index in [4.69, 9.17) is 15.3 Å². The van der Waals surface area contributed by atoms with Crippen LogP contribution in [0.25, 0.3) is 0 Å². The number of carbonyl (C=O) groups is 2. The Bertz CT molecular complexity index is 189. The van der Waals surface area contributed by atoms with Crippen molar-refractivity contribution < 1.29 is 24.9 Å². The van der Waals surface area contributed by atoms with Gasteiger partial charge < -0.3 is 15.3 Å². The molecule has 0 bridgehead atoms. The lowest BCUT2D eigenvalue weighted by Crippen LogP contribution is -2.22. The van der Waals surface area contributed by atoms with Gasteiger partial charge in [0.15, 0.2) is 6.10 Å². The van der Waals surface area contributed by atoms with Crippen molar-refractivity contribution in [3.05, 3.63) is 0 Å². The summed E-state index contributed by atoms with van der Waals surface area (Å²) in [6.45, 7) is 1.71. The molecule has 0 aliphatic carbocycles. The lowest BCUT2D eigenvalue weighted by Gasteiger charge is -2.10. The number of aliphatic hydroxyl groups is 1. The molecule has 5 nitrogen and oxygen atoms in total. The highest BCUT2D eigenvalue weighted by Gasteiger charge is 2.19. The first-order valence-electron chi connectivity index (χ1n) is 4.12. The first kappa shape index (κ1) is 11.9. The number of aliphatic carboxylic acids is 2. The highest BCUT2D eigenvalue weighted by molar-refractivity contribution is 5.72. The van der Waals surface area contributed by atoms with Crippen molar-refractivity contribution in [3.63, 3.8) is 0 Å². The smallest absolute Gasteiger partial charge is 0.332 e. The van der Waals surface area contributed by atoms with E-state index in [1.54, 1.807) is 6.92 Å². The third kappa shape index (κ3) is 4.47. The maximum Gasteiger partial charge on any atom is 0.332 e. The lowest BCUT2D eigenvalue weighted by molar-refractivity contribution is -0.148. The third-order valence-corrected chi connectivity index (χ3v) is 1.92. The minimum Gasteiger partial charge on any atom is -0.481 e. The molecule has 0 aliphatic rings. The summed E-state index contributed by atoms with van der Waals surface area (Å²) in [5.74, 6) is -2.81. The SMILES string of the molecule is CCC(CCC(O)C(=O)O)C(=O)O. The highest BCUT2D eigenvalue weighted by Crippen LogP contribution is 2.12. The van der Waals surface area contributed by atoms with Crippen LogP contribution in [0, 0.1) is 5.92 Å². The van der Waals surface area contributed by atoms with Gasteiger partial charge in [-0.25, -0.2) is 4.79 Å². The molecular weight excluding hydrogens is 176 g/mol. The van der Waals surface area contributed by atoms with Crippen LogP contribution >= 0.6 is 0 Å². The standard InChI is InChI=1S/C8H14O5/c1-2-5(7(10)11)3-4-6(9)8(12)13/h5-6,9H,2-4H2,1H3,(H,10,11)(H,12,13). The molecule has 0 radical (unpaired) electrons. The predicted molar refractivity (Wildman–Crippen MR) is 44.3 cm³/mol. The Kier molecular flexibility index (Phi) is 5.06. The number of hydrogen-bond acceptors (Lipinski definition) is 3. The van der Waals surface area contributed by atoms with Gasteiger partial charge in [-0.1, -0.05) is 6.92 Å². The topological polar surface area (TPSA) is 94.8 Å². The van der Waals surface area contributed by atoms with Gasteiger partial charge in [-0.05, 0) is 19.3 Å². The summed E-state index contributed by atoms with van der Waals surface area (Å²) >= 11 is 0. The van der Waals surface area contributed by atoms with Crippen LogP contribution in [0.1, 0.15) is 26.2 Å². The number of carboxylic acid groups (broad SMARTS) is 2. The normalized spacial score (nSPS) is 14.9. The molecule has 13 heavy (non-hydrogen) atoms. The number of hydrogen-bond donors (Lipinski definition) is 3. The predicted octanol–water partition coefficient (Wildman–Crippen LogP) is 0.323. The largest absolute Gasteiger partial charge is 0.481 e. The maximum absolute atomic E-state index is 10.5. The van der Waals surface area contributed by atoms with Gasteiger partial charge >= 0.3 is 11.9 Å². The number of aliphatic hydroxyl groups excluding tert-OH is 1. The molecule has 0 saturated heterocycles. The second-order valence-corrected chi connectivity index (χ2v) is 2.87. The molecule has 0 fully saturated rings. The fourth-order valence-corrected chi connectivity index (χ4v) is 0.985. The van der Waals surface area contributed by atoms with Crippen LogP contribution in [-0.4, -0.2) is 33.4 Å². The number of rotatable bonds is 6. The molecule has 0 aliphatic heterocycles. The van der Waals surface area contributed by atoms with Gasteiger partial charge in [0, 0.05) is 0 Å². The van der Waals surface area contributed by atoms with E-state index in [1.807, 2.05) is 0 Å². The second-order valence-electron chi connectivity index (χ2n) is 2.87. The minimum atomic E-state index is -1.45. The first-order valence-corrected chi connectivity index (χ1v) is 4.12. The van der Waals surface area contributed by atoms with E-state index >= 15 is 0 Å². The molecule has 0 heterocycles. The zero-order valence-electron chi connectivity index (χ0n) is 7.43. The Morgan fingerprint density at radius 1 is 1.15 bits per heavy atom. The van der Waals surface area contributed by atoms with Gasteiger partial charge in [-0.15, -0.1) is 0 Å². The Hall–Kier alpha value is -1.10. The molecule has 0 amide bonds. The summed E-state index contributed by atoms with van der Waals surface area (Å²) in [6.07, 6.45) is -0.824. The van der Waals surface area contributed by atoms with Crippen molar-refractivity contribution in [2.45, 2.75) is 32.3 Å². The Morgan fingerprint density at radius 3 is 2.00 bits per heavy atom. The second kappa shape index (κ2) is 5.53. The Labute approximate surface area is 76.0 Å². The highest BCUT2D eigenvalue weighted by atomic mass is 16.4. The van der Waals surface area contributed by atoms with E-state index in [1.165, 1.54) is 0 Å². The molecule has 0 saturated carbocycles. The molecular formula is C8H14O5.